The van der Waals surface area contributed by atoms with Gasteiger partial charge in [-0.1, -0.05) is 29.8 Å². The Labute approximate surface area is 170 Å². The summed E-state index contributed by atoms with van der Waals surface area (Å²) in [6, 6.07) is 12.4. The molecule has 1 aliphatic heterocycles. The number of nitrogens with one attached hydrogen (secondary N) is 1. The molecule has 4 rings (SSSR count). The fourth-order valence-electron chi connectivity index (χ4n) is 3.84. The molecule has 29 heavy (non-hydrogen) atoms. The maximum Gasteiger partial charge on any atom is 0.317 e. The fraction of sp³-hybridized carbons (Fsp3) is 0.409. The number of methoxy groups -OCH3 is 1. The van der Waals surface area contributed by atoms with Gasteiger partial charge >= 0.3 is 6.03 Å². The zero-order valence-electron chi connectivity index (χ0n) is 17.0. The quantitative estimate of drug-likeness (QED) is 0.652. The number of nitrogens with zero attached hydrogens (tertiary/aromatic N) is 4. The molecule has 3 aromatic rings. The summed E-state index contributed by atoms with van der Waals surface area (Å²) in [5.74, 6) is 0.908. The van der Waals surface area contributed by atoms with Crippen LogP contribution >= 0.6 is 0 Å². The van der Waals surface area contributed by atoms with E-state index in [1.165, 1.54) is 5.56 Å². The number of carbonyl (C=O) groups is 1. The van der Waals surface area contributed by atoms with Gasteiger partial charge in [0.2, 0.25) is 0 Å². The van der Waals surface area contributed by atoms with Gasteiger partial charge in [0, 0.05) is 45.1 Å². The van der Waals surface area contributed by atoms with Crippen molar-refractivity contribution in [2.75, 3.05) is 33.4 Å². The summed E-state index contributed by atoms with van der Waals surface area (Å²) in [6.07, 6.45) is 3.49. The van der Waals surface area contributed by atoms with Crippen molar-refractivity contribution < 1.29 is 9.53 Å². The Morgan fingerprint density at radius 1 is 1.28 bits per heavy atom. The Hall–Kier alpha value is -2.93. The number of ether oxygens (including phenoxy) is 1. The van der Waals surface area contributed by atoms with Gasteiger partial charge in [0.05, 0.1) is 6.04 Å². The van der Waals surface area contributed by atoms with E-state index in [0.717, 1.165) is 41.9 Å². The molecule has 0 spiro atoms. The lowest BCUT2D eigenvalue weighted by Crippen LogP contribution is -2.39. The lowest BCUT2D eigenvalue weighted by atomic mass is 10.1. The molecule has 1 N–H and O–H groups in total. The van der Waals surface area contributed by atoms with Gasteiger partial charge < -0.3 is 19.5 Å². The first-order chi connectivity index (χ1) is 14.2. The zero-order chi connectivity index (χ0) is 20.2. The molecule has 1 aromatic carbocycles. The maximum absolute atomic E-state index is 12.5. The van der Waals surface area contributed by atoms with E-state index in [-0.39, 0.29) is 12.1 Å². The number of likely N-dealkylation sites (tertiary alicyclic amines) is 1. The number of hydrogen-bond acceptors (Lipinski definition) is 4. The van der Waals surface area contributed by atoms with Crippen LogP contribution in [0.15, 0.2) is 42.6 Å². The molecule has 3 heterocycles. The molecule has 2 aromatic heterocycles. The van der Waals surface area contributed by atoms with Gasteiger partial charge in [-0.25, -0.2) is 14.8 Å². The van der Waals surface area contributed by atoms with Crippen molar-refractivity contribution in [1.29, 1.82) is 0 Å². The van der Waals surface area contributed by atoms with Crippen LogP contribution in [0.25, 0.3) is 22.6 Å². The van der Waals surface area contributed by atoms with Gasteiger partial charge in [0.15, 0.2) is 5.65 Å². The second-order valence-electron chi connectivity index (χ2n) is 7.48. The summed E-state index contributed by atoms with van der Waals surface area (Å²) in [4.78, 5) is 23.9. The summed E-state index contributed by atoms with van der Waals surface area (Å²) in [7, 11) is 1.67. The minimum atomic E-state index is -0.0159. The van der Waals surface area contributed by atoms with E-state index in [1.807, 2.05) is 17.0 Å². The minimum absolute atomic E-state index is 0.0159. The maximum atomic E-state index is 12.5. The van der Waals surface area contributed by atoms with E-state index in [2.05, 4.69) is 46.1 Å². The molecule has 7 nitrogen and oxygen atoms in total. The standard InChI is InChI=1S/C22H27N5O2/c1-16-6-8-17(9-7-16)20-25-19-5-3-11-23-21(19)27(20)18-10-13-26(15-18)22(28)24-12-4-14-29-2/h3,5-9,11,18H,4,10,12-15H2,1-2H3,(H,24,28)/t18-/m1/s1. The van der Waals surface area contributed by atoms with Crippen LogP contribution in [0, 0.1) is 6.92 Å². The van der Waals surface area contributed by atoms with Gasteiger partial charge in [-0.15, -0.1) is 0 Å². The number of benzene rings is 1. The van der Waals surface area contributed by atoms with Gasteiger partial charge in [0.1, 0.15) is 11.3 Å². The van der Waals surface area contributed by atoms with E-state index < -0.39 is 0 Å². The largest absolute Gasteiger partial charge is 0.385 e. The Bertz CT molecular complexity index is 983. The molecule has 152 valence electrons. The average Bonchev–Trinajstić information content (AvgIpc) is 3.36. The molecule has 0 unspecified atom stereocenters. The number of hydrogen-bond donors (Lipinski definition) is 1. The van der Waals surface area contributed by atoms with Crippen LogP contribution in [0.3, 0.4) is 0 Å². The molecule has 1 aliphatic rings. The highest BCUT2D eigenvalue weighted by molar-refractivity contribution is 5.78. The van der Waals surface area contributed by atoms with Crippen molar-refractivity contribution >= 4 is 17.2 Å². The van der Waals surface area contributed by atoms with Crippen molar-refractivity contribution in [1.82, 2.24) is 24.8 Å². The van der Waals surface area contributed by atoms with Crippen molar-refractivity contribution in [3.05, 3.63) is 48.2 Å². The van der Waals surface area contributed by atoms with Crippen LogP contribution in [-0.2, 0) is 4.74 Å². The summed E-state index contributed by atoms with van der Waals surface area (Å²) >= 11 is 0. The molecule has 0 aliphatic carbocycles. The molecule has 0 bridgehead atoms. The molecule has 0 radical (unpaired) electrons. The van der Waals surface area contributed by atoms with Gasteiger partial charge in [-0.05, 0) is 31.9 Å². The molecular formula is C22H27N5O2. The summed E-state index contributed by atoms with van der Waals surface area (Å²) in [5.41, 5.74) is 4.03. The molecular weight excluding hydrogens is 366 g/mol. The molecule has 1 saturated heterocycles. The fourth-order valence-corrected chi connectivity index (χ4v) is 3.84. The topological polar surface area (TPSA) is 72.3 Å². The Morgan fingerprint density at radius 2 is 2.10 bits per heavy atom. The van der Waals surface area contributed by atoms with E-state index in [0.29, 0.717) is 19.7 Å². The highest BCUT2D eigenvalue weighted by Gasteiger charge is 2.30. The predicted molar refractivity (Wildman–Crippen MR) is 113 cm³/mol. The van der Waals surface area contributed by atoms with E-state index in [4.69, 9.17) is 9.72 Å². The van der Waals surface area contributed by atoms with Crippen molar-refractivity contribution in [3.8, 4) is 11.4 Å². The second kappa shape index (κ2) is 8.61. The highest BCUT2D eigenvalue weighted by Crippen LogP contribution is 2.32. The SMILES string of the molecule is COCCCNC(=O)N1CC[C@@H](n2c(-c3ccc(C)cc3)nc3cccnc32)C1. The van der Waals surface area contributed by atoms with Crippen LogP contribution in [0.5, 0.6) is 0 Å². The molecule has 7 heteroatoms. The van der Waals surface area contributed by atoms with Crippen LogP contribution in [0.4, 0.5) is 4.79 Å². The van der Waals surface area contributed by atoms with Crippen molar-refractivity contribution in [3.63, 3.8) is 0 Å². The van der Waals surface area contributed by atoms with Crippen molar-refractivity contribution in [2.45, 2.75) is 25.8 Å². The number of carbonyl (C=O) groups excluding carboxylic acids is 1. The lowest BCUT2D eigenvalue weighted by Gasteiger charge is -2.19. The van der Waals surface area contributed by atoms with E-state index in [9.17, 15) is 4.79 Å². The van der Waals surface area contributed by atoms with Crippen molar-refractivity contribution in [2.24, 2.45) is 0 Å². The number of imidazole rings is 1. The van der Waals surface area contributed by atoms with Gasteiger partial charge in [-0.2, -0.15) is 0 Å². The summed E-state index contributed by atoms with van der Waals surface area (Å²) in [5, 5.41) is 2.98. The lowest BCUT2D eigenvalue weighted by molar-refractivity contribution is 0.188. The number of pyridine rings is 1. The first kappa shape index (κ1) is 19.4. The molecule has 1 fully saturated rings. The third-order valence-electron chi connectivity index (χ3n) is 5.38. The molecule has 1 atom stereocenters. The van der Waals surface area contributed by atoms with E-state index in [1.54, 1.807) is 13.3 Å². The Morgan fingerprint density at radius 3 is 2.90 bits per heavy atom. The average molecular weight is 393 g/mol. The number of aromatic nitrogens is 3. The Kier molecular flexibility index (Phi) is 5.76. The zero-order valence-corrected chi connectivity index (χ0v) is 17.0. The number of amides is 2. The highest BCUT2D eigenvalue weighted by atomic mass is 16.5. The number of rotatable bonds is 6. The smallest absolute Gasteiger partial charge is 0.317 e. The first-order valence-electron chi connectivity index (χ1n) is 10.1. The second-order valence-corrected chi connectivity index (χ2v) is 7.48. The summed E-state index contributed by atoms with van der Waals surface area (Å²) < 4.78 is 7.24. The number of fused-ring (bicyclic) bond motifs is 1. The third-order valence-corrected chi connectivity index (χ3v) is 5.38. The monoisotopic (exact) mass is 393 g/mol. The number of aryl methyl sites for hydroxylation is 1. The third kappa shape index (κ3) is 4.10. The minimum Gasteiger partial charge on any atom is -0.385 e. The molecule has 0 saturated carbocycles. The van der Waals surface area contributed by atoms with Crippen LogP contribution in [0.1, 0.15) is 24.4 Å². The van der Waals surface area contributed by atoms with Crippen LogP contribution in [0.2, 0.25) is 0 Å². The predicted octanol–water partition coefficient (Wildman–Crippen LogP) is 3.40. The Balaban J connectivity index is 1.58. The normalized spacial score (nSPS) is 16.5. The van der Waals surface area contributed by atoms with E-state index >= 15 is 0 Å². The summed E-state index contributed by atoms with van der Waals surface area (Å²) in [6.45, 7) is 4.72. The van der Waals surface area contributed by atoms with Gasteiger partial charge in [-0.3, -0.25) is 0 Å². The van der Waals surface area contributed by atoms with Gasteiger partial charge in [0.25, 0.3) is 0 Å². The molecule has 2 amide bonds. The first-order valence-corrected chi connectivity index (χ1v) is 10.1. The number of urea groups is 1. The van der Waals surface area contributed by atoms with Crippen LogP contribution in [-0.4, -0.2) is 58.8 Å². The van der Waals surface area contributed by atoms with Crippen LogP contribution < -0.4 is 5.32 Å².